The molecular weight excluding hydrogens is 473 g/mol. The number of morpholine rings is 1. The molecule has 7 atom stereocenters. The molecule has 3 saturated carbocycles. The van der Waals surface area contributed by atoms with Crippen molar-refractivity contribution in [3.8, 4) is 0 Å². The van der Waals surface area contributed by atoms with Crippen LogP contribution in [0.2, 0.25) is 0 Å². The number of amides is 1. The van der Waals surface area contributed by atoms with Crippen LogP contribution in [0.25, 0.3) is 0 Å². The van der Waals surface area contributed by atoms with Gasteiger partial charge in [-0.25, -0.2) is 21.6 Å². The Kier molecular flexibility index (Phi) is 8.47. The molecule has 11 heteroatoms. The van der Waals surface area contributed by atoms with Crippen LogP contribution >= 0.6 is 0 Å². The van der Waals surface area contributed by atoms with Gasteiger partial charge in [0.2, 0.25) is 15.9 Å². The van der Waals surface area contributed by atoms with Crippen molar-refractivity contribution in [3.63, 3.8) is 0 Å². The summed E-state index contributed by atoms with van der Waals surface area (Å²) in [6, 6.07) is -0.760. The van der Waals surface area contributed by atoms with Crippen molar-refractivity contribution in [1.82, 2.24) is 9.62 Å². The molecule has 0 aromatic carbocycles. The number of aliphatic hydroxyl groups excluding tert-OH is 1. The molecule has 1 saturated heterocycles. The number of nitrogens with zero attached hydrogens (tertiary/aromatic N) is 1. The summed E-state index contributed by atoms with van der Waals surface area (Å²) in [7, 11) is -3.95. The molecule has 0 bridgehead atoms. The molecule has 196 valence electrons. The molecule has 1 amide bonds. The number of alkyl halides is 3. The highest BCUT2D eigenvalue weighted by atomic mass is 32.2. The van der Waals surface area contributed by atoms with Crippen molar-refractivity contribution in [2.45, 2.75) is 119 Å². The van der Waals surface area contributed by atoms with Gasteiger partial charge in [0, 0.05) is 19.0 Å². The smallest absolute Gasteiger partial charge is 0.220 e. The monoisotopic (exact) mass is 510 g/mol. The Hall–Kier alpha value is -0.910. The zero-order valence-electron chi connectivity index (χ0n) is 19.5. The fourth-order valence-electron chi connectivity index (χ4n) is 6.11. The van der Waals surface area contributed by atoms with E-state index in [1.54, 1.807) is 0 Å². The van der Waals surface area contributed by atoms with Gasteiger partial charge in [0.15, 0.2) is 0 Å². The van der Waals surface area contributed by atoms with E-state index >= 15 is 0 Å². The summed E-state index contributed by atoms with van der Waals surface area (Å²) in [6.07, 6.45) is -1.53. The molecule has 6 unspecified atom stereocenters. The van der Waals surface area contributed by atoms with Crippen molar-refractivity contribution in [3.05, 3.63) is 0 Å². The topological polar surface area (TPSA) is 95.9 Å². The first-order chi connectivity index (χ1) is 16.2. The van der Waals surface area contributed by atoms with E-state index in [9.17, 15) is 31.5 Å². The van der Waals surface area contributed by atoms with Gasteiger partial charge >= 0.3 is 0 Å². The number of nitrogens with one attached hydrogen (secondary N) is 1. The number of ether oxygens (including phenoxy) is 1. The van der Waals surface area contributed by atoms with Gasteiger partial charge in [0.1, 0.15) is 18.5 Å². The number of carbonyl (C=O) groups is 1. The maximum Gasteiger partial charge on any atom is 0.220 e. The summed E-state index contributed by atoms with van der Waals surface area (Å²) >= 11 is 0. The maximum absolute atomic E-state index is 14.0. The largest absolute Gasteiger partial charge is 0.394 e. The molecule has 0 aromatic rings. The first-order valence-corrected chi connectivity index (χ1v) is 14.2. The third-order valence-electron chi connectivity index (χ3n) is 8.09. The van der Waals surface area contributed by atoms with E-state index in [1.807, 2.05) is 0 Å². The van der Waals surface area contributed by atoms with Crippen LogP contribution in [0.15, 0.2) is 0 Å². The summed E-state index contributed by atoms with van der Waals surface area (Å²) in [6.45, 7) is -0.376. The summed E-state index contributed by atoms with van der Waals surface area (Å²) < 4.78 is 75.3. The van der Waals surface area contributed by atoms with Crippen LogP contribution in [0.1, 0.15) is 70.6 Å². The fourth-order valence-corrected chi connectivity index (χ4v) is 8.33. The van der Waals surface area contributed by atoms with Crippen LogP contribution in [0.5, 0.6) is 0 Å². The van der Waals surface area contributed by atoms with E-state index in [0.717, 1.165) is 0 Å². The minimum atomic E-state index is -3.95. The second-order valence-electron chi connectivity index (χ2n) is 10.5. The Bertz CT molecular complexity index is 810. The highest BCUT2D eigenvalue weighted by molar-refractivity contribution is 7.89. The van der Waals surface area contributed by atoms with Gasteiger partial charge in [-0.3, -0.25) is 4.79 Å². The molecule has 4 fully saturated rings. The summed E-state index contributed by atoms with van der Waals surface area (Å²) in [4.78, 5) is 12.6. The minimum absolute atomic E-state index is 0.0420. The van der Waals surface area contributed by atoms with Crippen LogP contribution in [0.3, 0.4) is 0 Å². The highest BCUT2D eigenvalue weighted by Gasteiger charge is 2.49. The molecule has 0 radical (unpaired) electrons. The lowest BCUT2D eigenvalue weighted by Crippen LogP contribution is -2.63. The zero-order chi connectivity index (χ0) is 24.5. The predicted octanol–water partition coefficient (Wildman–Crippen LogP) is 2.56. The van der Waals surface area contributed by atoms with Gasteiger partial charge in [0.05, 0.1) is 30.1 Å². The third kappa shape index (κ3) is 5.90. The third-order valence-corrected chi connectivity index (χ3v) is 10.4. The van der Waals surface area contributed by atoms with E-state index in [-0.39, 0.29) is 50.3 Å². The minimum Gasteiger partial charge on any atom is -0.394 e. The average Bonchev–Trinajstić information content (AvgIpc) is 2.81. The summed E-state index contributed by atoms with van der Waals surface area (Å²) in [5, 5.41) is 11.7. The lowest BCUT2D eigenvalue weighted by Gasteiger charge is -2.48. The molecule has 1 aliphatic heterocycles. The second-order valence-corrected chi connectivity index (χ2v) is 12.7. The van der Waals surface area contributed by atoms with E-state index in [1.165, 1.54) is 4.31 Å². The van der Waals surface area contributed by atoms with Crippen LogP contribution in [-0.2, 0) is 19.6 Å². The molecule has 2 N–H and O–H groups in total. The second kappa shape index (κ2) is 11.0. The number of aliphatic hydroxyl groups is 1. The maximum atomic E-state index is 14.0. The Balaban J connectivity index is 1.41. The lowest BCUT2D eigenvalue weighted by atomic mass is 9.85. The van der Waals surface area contributed by atoms with Gasteiger partial charge in [0.25, 0.3) is 0 Å². The summed E-state index contributed by atoms with van der Waals surface area (Å²) in [5.74, 6) is 0.0643. The number of hydrogen-bond donors (Lipinski definition) is 2. The molecule has 3 aliphatic carbocycles. The Labute approximate surface area is 199 Å². The van der Waals surface area contributed by atoms with Gasteiger partial charge < -0.3 is 15.2 Å². The van der Waals surface area contributed by atoms with Crippen LogP contribution in [0.4, 0.5) is 13.2 Å². The molecule has 0 spiro atoms. The van der Waals surface area contributed by atoms with Gasteiger partial charge in [-0.15, -0.1) is 0 Å². The van der Waals surface area contributed by atoms with E-state index in [4.69, 9.17) is 4.74 Å². The molecule has 34 heavy (non-hydrogen) atoms. The highest BCUT2D eigenvalue weighted by Crippen LogP contribution is 2.37. The van der Waals surface area contributed by atoms with E-state index < -0.39 is 52.0 Å². The van der Waals surface area contributed by atoms with Crippen molar-refractivity contribution >= 4 is 15.9 Å². The van der Waals surface area contributed by atoms with E-state index in [2.05, 4.69) is 5.32 Å². The predicted molar refractivity (Wildman–Crippen MR) is 120 cm³/mol. The number of fused-ring (bicyclic) bond motifs is 1. The normalized spacial score (nSPS) is 42.1. The van der Waals surface area contributed by atoms with Gasteiger partial charge in [-0.2, -0.15) is 4.31 Å². The zero-order valence-corrected chi connectivity index (χ0v) is 20.3. The van der Waals surface area contributed by atoms with Crippen molar-refractivity contribution < 1.29 is 36.2 Å². The quantitative estimate of drug-likeness (QED) is 0.573. The van der Waals surface area contributed by atoms with Gasteiger partial charge in [-0.1, -0.05) is 0 Å². The first-order valence-electron chi connectivity index (χ1n) is 12.7. The first kappa shape index (κ1) is 26.2. The van der Waals surface area contributed by atoms with Crippen molar-refractivity contribution in [1.29, 1.82) is 0 Å². The van der Waals surface area contributed by atoms with Crippen LogP contribution < -0.4 is 5.32 Å². The molecule has 7 nitrogen and oxygen atoms in total. The molecule has 4 rings (SSSR count). The molecular formula is C23H37F3N2O5S. The summed E-state index contributed by atoms with van der Waals surface area (Å²) in [5.41, 5.74) is 0. The molecule has 0 aromatic heterocycles. The lowest BCUT2D eigenvalue weighted by molar-refractivity contribution is -0.132. The number of carbonyl (C=O) groups excluding carboxylic acids is 1. The Morgan fingerprint density at radius 2 is 1.71 bits per heavy atom. The number of hydrogen-bond acceptors (Lipinski definition) is 5. The average molecular weight is 511 g/mol. The number of sulfonamides is 1. The fraction of sp³-hybridized carbons (Fsp3) is 0.957. The SMILES string of the molecule is O=C(CC1CCC(F)CC1)NC1CCC2O[C@H](CO)CN(S(=O)(=O)C3CCC(F)C(F)C3)C2C1. The number of rotatable bonds is 6. The Morgan fingerprint density at radius 1 is 0.971 bits per heavy atom. The van der Waals surface area contributed by atoms with Crippen LogP contribution in [0, 0.1) is 5.92 Å². The van der Waals surface area contributed by atoms with Gasteiger partial charge in [-0.05, 0) is 70.1 Å². The standard InChI is InChI=1S/C23H37F3N2O5S/c24-15-3-1-14(2-4-15)9-23(30)27-16-5-8-22-21(10-16)28(12-17(13-29)33-22)34(31,32)18-6-7-19(25)20(26)11-18/h14-22,29H,1-13H2,(H,27,30)/t14?,15?,16?,17-,18?,19?,20?,21?,22?/m0/s1. The molecule has 1 heterocycles. The number of halogens is 3. The Morgan fingerprint density at radius 3 is 2.38 bits per heavy atom. The van der Waals surface area contributed by atoms with Crippen molar-refractivity contribution in [2.75, 3.05) is 13.2 Å². The van der Waals surface area contributed by atoms with E-state index in [0.29, 0.717) is 51.4 Å². The van der Waals surface area contributed by atoms with Crippen LogP contribution in [-0.4, -0.2) is 84.9 Å². The molecule has 4 aliphatic rings. The van der Waals surface area contributed by atoms with Crippen molar-refractivity contribution in [2.24, 2.45) is 5.92 Å².